The molecule has 1 fully saturated rings. The Balaban J connectivity index is 0.00000200. The molecule has 0 aromatic heterocycles. The summed E-state index contributed by atoms with van der Waals surface area (Å²) in [4.78, 5) is 4.27. The SMILES string of the molecule is CN=C(NCC(C)(C)c1ccc(C)cc1)NC1CC1.I. The van der Waals surface area contributed by atoms with Crippen LogP contribution in [0.4, 0.5) is 0 Å². The van der Waals surface area contributed by atoms with Crippen LogP contribution in [0.15, 0.2) is 29.3 Å². The Labute approximate surface area is 139 Å². The van der Waals surface area contributed by atoms with Gasteiger partial charge in [-0.15, -0.1) is 24.0 Å². The quantitative estimate of drug-likeness (QED) is 0.473. The molecule has 0 unspecified atom stereocenters. The van der Waals surface area contributed by atoms with Gasteiger partial charge in [-0.1, -0.05) is 43.7 Å². The van der Waals surface area contributed by atoms with Crippen LogP contribution in [0.5, 0.6) is 0 Å². The summed E-state index contributed by atoms with van der Waals surface area (Å²) in [7, 11) is 1.83. The second kappa shape index (κ2) is 7.29. The van der Waals surface area contributed by atoms with Gasteiger partial charge in [-0.2, -0.15) is 0 Å². The van der Waals surface area contributed by atoms with Gasteiger partial charge in [0.05, 0.1) is 0 Å². The number of hydrogen-bond donors (Lipinski definition) is 2. The number of rotatable bonds is 4. The van der Waals surface area contributed by atoms with Crippen molar-refractivity contribution in [2.75, 3.05) is 13.6 Å². The molecule has 2 rings (SSSR count). The third-order valence-electron chi connectivity index (χ3n) is 3.67. The molecule has 1 saturated carbocycles. The Kier molecular flexibility index (Phi) is 6.30. The first-order valence-electron chi connectivity index (χ1n) is 7.05. The highest BCUT2D eigenvalue weighted by molar-refractivity contribution is 14.0. The van der Waals surface area contributed by atoms with E-state index in [0.29, 0.717) is 6.04 Å². The van der Waals surface area contributed by atoms with Crippen molar-refractivity contribution in [3.8, 4) is 0 Å². The predicted molar refractivity (Wildman–Crippen MR) is 97.1 cm³/mol. The van der Waals surface area contributed by atoms with E-state index in [-0.39, 0.29) is 29.4 Å². The van der Waals surface area contributed by atoms with Crippen molar-refractivity contribution < 1.29 is 0 Å². The normalized spacial score (nSPS) is 15.5. The molecule has 20 heavy (non-hydrogen) atoms. The van der Waals surface area contributed by atoms with Crippen LogP contribution in [0, 0.1) is 6.92 Å². The summed E-state index contributed by atoms with van der Waals surface area (Å²) < 4.78 is 0. The van der Waals surface area contributed by atoms with E-state index in [1.54, 1.807) is 0 Å². The van der Waals surface area contributed by atoms with Gasteiger partial charge < -0.3 is 10.6 Å². The van der Waals surface area contributed by atoms with Crippen molar-refractivity contribution in [1.29, 1.82) is 0 Å². The zero-order chi connectivity index (χ0) is 13.9. The Bertz CT molecular complexity index is 447. The van der Waals surface area contributed by atoms with Crippen LogP contribution in [0.25, 0.3) is 0 Å². The monoisotopic (exact) mass is 387 g/mol. The van der Waals surface area contributed by atoms with Gasteiger partial charge in [0.15, 0.2) is 5.96 Å². The third kappa shape index (κ3) is 4.96. The predicted octanol–water partition coefficient (Wildman–Crippen LogP) is 3.22. The van der Waals surface area contributed by atoms with Gasteiger partial charge in [0, 0.05) is 25.0 Å². The largest absolute Gasteiger partial charge is 0.356 e. The summed E-state index contributed by atoms with van der Waals surface area (Å²) in [6.45, 7) is 7.52. The first-order valence-corrected chi connectivity index (χ1v) is 7.05. The molecule has 0 bridgehead atoms. The average Bonchev–Trinajstić information content (AvgIpc) is 3.19. The molecule has 1 aromatic carbocycles. The summed E-state index contributed by atoms with van der Waals surface area (Å²) in [5, 5.41) is 6.85. The van der Waals surface area contributed by atoms with Crippen molar-refractivity contribution >= 4 is 29.9 Å². The van der Waals surface area contributed by atoms with Gasteiger partial charge in [0.25, 0.3) is 0 Å². The molecule has 3 nitrogen and oxygen atoms in total. The molecule has 2 N–H and O–H groups in total. The summed E-state index contributed by atoms with van der Waals surface area (Å²) in [5.74, 6) is 0.919. The molecule has 0 aliphatic heterocycles. The van der Waals surface area contributed by atoms with Crippen LogP contribution in [0.3, 0.4) is 0 Å². The van der Waals surface area contributed by atoms with E-state index in [1.165, 1.54) is 24.0 Å². The van der Waals surface area contributed by atoms with E-state index in [0.717, 1.165) is 12.5 Å². The zero-order valence-electron chi connectivity index (χ0n) is 12.9. The molecule has 0 heterocycles. The number of guanidine groups is 1. The summed E-state index contributed by atoms with van der Waals surface area (Å²) in [5.41, 5.74) is 2.75. The zero-order valence-corrected chi connectivity index (χ0v) is 15.2. The molecule has 1 aliphatic rings. The van der Waals surface area contributed by atoms with E-state index in [4.69, 9.17) is 0 Å². The second-order valence-corrected chi connectivity index (χ2v) is 6.09. The number of hydrogen-bond acceptors (Lipinski definition) is 1. The van der Waals surface area contributed by atoms with Crippen molar-refractivity contribution in [1.82, 2.24) is 10.6 Å². The molecule has 1 aliphatic carbocycles. The number of halogens is 1. The first-order chi connectivity index (χ1) is 9.01. The number of aryl methyl sites for hydroxylation is 1. The molecule has 0 atom stereocenters. The lowest BCUT2D eigenvalue weighted by molar-refractivity contribution is 0.508. The van der Waals surface area contributed by atoms with Crippen LogP contribution in [-0.4, -0.2) is 25.6 Å². The minimum Gasteiger partial charge on any atom is -0.356 e. The number of nitrogens with one attached hydrogen (secondary N) is 2. The lowest BCUT2D eigenvalue weighted by Crippen LogP contribution is -2.44. The number of benzene rings is 1. The summed E-state index contributed by atoms with van der Waals surface area (Å²) >= 11 is 0. The topological polar surface area (TPSA) is 36.4 Å². The van der Waals surface area contributed by atoms with E-state index in [1.807, 2.05) is 7.05 Å². The molecule has 0 amide bonds. The minimum absolute atomic E-state index is 0. The molecule has 112 valence electrons. The van der Waals surface area contributed by atoms with Crippen LogP contribution >= 0.6 is 24.0 Å². The highest BCUT2D eigenvalue weighted by atomic mass is 127. The van der Waals surface area contributed by atoms with Crippen LogP contribution in [-0.2, 0) is 5.41 Å². The highest BCUT2D eigenvalue weighted by Gasteiger charge is 2.24. The Morgan fingerprint density at radius 2 is 1.85 bits per heavy atom. The molecule has 4 heteroatoms. The fraction of sp³-hybridized carbons (Fsp3) is 0.562. The maximum absolute atomic E-state index is 4.27. The number of nitrogens with zero attached hydrogens (tertiary/aromatic N) is 1. The van der Waals surface area contributed by atoms with Crippen LogP contribution in [0.1, 0.15) is 37.8 Å². The fourth-order valence-electron chi connectivity index (χ4n) is 2.03. The smallest absolute Gasteiger partial charge is 0.191 e. The maximum Gasteiger partial charge on any atom is 0.191 e. The highest BCUT2D eigenvalue weighted by Crippen LogP contribution is 2.23. The van der Waals surface area contributed by atoms with E-state index >= 15 is 0 Å². The van der Waals surface area contributed by atoms with Crippen LogP contribution < -0.4 is 10.6 Å². The van der Waals surface area contributed by atoms with Gasteiger partial charge >= 0.3 is 0 Å². The van der Waals surface area contributed by atoms with E-state index in [9.17, 15) is 0 Å². The third-order valence-corrected chi connectivity index (χ3v) is 3.67. The molecule has 1 aromatic rings. The first kappa shape index (κ1) is 17.3. The molecular weight excluding hydrogens is 361 g/mol. The van der Waals surface area contributed by atoms with Gasteiger partial charge in [0.1, 0.15) is 0 Å². The summed E-state index contributed by atoms with van der Waals surface area (Å²) in [6.07, 6.45) is 2.53. The second-order valence-electron chi connectivity index (χ2n) is 6.09. The van der Waals surface area contributed by atoms with Crippen molar-refractivity contribution in [2.24, 2.45) is 4.99 Å². The molecule has 0 spiro atoms. The van der Waals surface area contributed by atoms with Crippen LogP contribution in [0.2, 0.25) is 0 Å². The Morgan fingerprint density at radius 3 is 2.35 bits per heavy atom. The lowest BCUT2D eigenvalue weighted by atomic mass is 9.84. The standard InChI is InChI=1S/C16H25N3.HI/c1-12-5-7-13(8-6-12)16(2,3)11-18-15(17-4)19-14-9-10-14;/h5-8,14H,9-11H2,1-4H3,(H2,17,18,19);1H. The Morgan fingerprint density at radius 1 is 1.25 bits per heavy atom. The lowest BCUT2D eigenvalue weighted by Gasteiger charge is -2.27. The van der Waals surface area contributed by atoms with E-state index in [2.05, 4.69) is 60.7 Å². The van der Waals surface area contributed by atoms with Gasteiger partial charge in [0.2, 0.25) is 0 Å². The van der Waals surface area contributed by atoms with Gasteiger partial charge in [-0.25, -0.2) is 0 Å². The van der Waals surface area contributed by atoms with Gasteiger partial charge in [-0.05, 0) is 25.3 Å². The molecule has 0 saturated heterocycles. The minimum atomic E-state index is 0. The number of aliphatic imine (C=N–C) groups is 1. The maximum atomic E-state index is 4.27. The van der Waals surface area contributed by atoms with Crippen molar-refractivity contribution in [3.63, 3.8) is 0 Å². The molecule has 0 radical (unpaired) electrons. The van der Waals surface area contributed by atoms with Crippen molar-refractivity contribution in [2.45, 2.75) is 45.1 Å². The average molecular weight is 387 g/mol. The summed E-state index contributed by atoms with van der Waals surface area (Å²) in [6, 6.07) is 9.42. The van der Waals surface area contributed by atoms with Crippen molar-refractivity contribution in [3.05, 3.63) is 35.4 Å². The molecular formula is C16H26IN3. The fourth-order valence-corrected chi connectivity index (χ4v) is 2.03. The van der Waals surface area contributed by atoms with E-state index < -0.39 is 0 Å². The Hall–Kier alpha value is -0.780. The van der Waals surface area contributed by atoms with Gasteiger partial charge in [-0.3, -0.25) is 4.99 Å².